The zero-order valence-corrected chi connectivity index (χ0v) is 17.3. The smallest absolute Gasteiger partial charge is 0.190 e. The van der Waals surface area contributed by atoms with Crippen LogP contribution < -0.4 is 10.6 Å². The summed E-state index contributed by atoms with van der Waals surface area (Å²) < 4.78 is 11.0. The average Bonchev–Trinajstić information content (AvgIpc) is 2.59. The van der Waals surface area contributed by atoms with E-state index in [4.69, 9.17) is 9.47 Å². The van der Waals surface area contributed by atoms with Crippen LogP contribution in [0, 0.1) is 0 Å². The van der Waals surface area contributed by atoms with Gasteiger partial charge in [0, 0.05) is 40.0 Å². The Bertz CT molecular complexity index is 416. The summed E-state index contributed by atoms with van der Waals surface area (Å²) in [6.07, 6.45) is 2.92. The van der Waals surface area contributed by atoms with E-state index in [1.807, 2.05) is 13.0 Å². The number of nitrogens with zero attached hydrogens (tertiary/aromatic N) is 1. The van der Waals surface area contributed by atoms with Crippen LogP contribution in [-0.2, 0) is 15.9 Å². The molecule has 0 atom stereocenters. The van der Waals surface area contributed by atoms with Crippen LogP contribution >= 0.6 is 24.0 Å². The number of aliphatic imine (C=N–C) groups is 1. The van der Waals surface area contributed by atoms with Crippen molar-refractivity contribution >= 4 is 29.9 Å². The summed E-state index contributed by atoms with van der Waals surface area (Å²) in [6, 6.07) is 10.4. The number of hydrogen-bond acceptors (Lipinski definition) is 3. The highest BCUT2D eigenvalue weighted by molar-refractivity contribution is 14.0. The van der Waals surface area contributed by atoms with Crippen molar-refractivity contribution < 1.29 is 9.47 Å². The Labute approximate surface area is 163 Å². The molecule has 0 saturated carbocycles. The lowest BCUT2D eigenvalue weighted by Gasteiger charge is -2.12. The standard InChI is InChI=1S/C18H31N3O2.HI/c1-3-22-14-7-12-20-18(19-2)21-13-8-15-23-16-11-17-9-5-4-6-10-17;/h4-6,9-10H,3,7-8,11-16H2,1-2H3,(H2,19,20,21);1H. The summed E-state index contributed by atoms with van der Waals surface area (Å²) >= 11 is 0. The zero-order chi connectivity index (χ0) is 16.6. The fourth-order valence-electron chi connectivity index (χ4n) is 2.06. The van der Waals surface area contributed by atoms with Crippen molar-refractivity contribution in [2.24, 2.45) is 4.99 Å². The number of halogens is 1. The minimum Gasteiger partial charge on any atom is -0.382 e. The molecule has 1 aromatic rings. The van der Waals surface area contributed by atoms with Gasteiger partial charge in [-0.25, -0.2) is 0 Å². The third kappa shape index (κ3) is 12.5. The van der Waals surface area contributed by atoms with Gasteiger partial charge in [0.2, 0.25) is 0 Å². The molecule has 0 unspecified atom stereocenters. The van der Waals surface area contributed by atoms with E-state index < -0.39 is 0 Å². The van der Waals surface area contributed by atoms with Gasteiger partial charge < -0.3 is 20.1 Å². The van der Waals surface area contributed by atoms with Crippen molar-refractivity contribution in [2.75, 3.05) is 46.6 Å². The van der Waals surface area contributed by atoms with Gasteiger partial charge in [0.15, 0.2) is 5.96 Å². The molecule has 0 heterocycles. The van der Waals surface area contributed by atoms with Crippen molar-refractivity contribution in [1.29, 1.82) is 0 Å². The Kier molecular flexibility index (Phi) is 16.4. The van der Waals surface area contributed by atoms with Crippen molar-refractivity contribution in [2.45, 2.75) is 26.2 Å². The van der Waals surface area contributed by atoms with Crippen molar-refractivity contribution in [3.63, 3.8) is 0 Å². The molecule has 0 aliphatic rings. The molecule has 0 aromatic heterocycles. The largest absolute Gasteiger partial charge is 0.382 e. The minimum absolute atomic E-state index is 0. The van der Waals surface area contributed by atoms with Crippen LogP contribution in [0.15, 0.2) is 35.3 Å². The monoisotopic (exact) mass is 449 g/mol. The predicted molar refractivity (Wildman–Crippen MR) is 111 cm³/mol. The first-order valence-electron chi connectivity index (χ1n) is 8.50. The molecule has 0 spiro atoms. The van der Waals surface area contributed by atoms with Gasteiger partial charge in [0.1, 0.15) is 0 Å². The highest BCUT2D eigenvalue weighted by Crippen LogP contribution is 1.99. The maximum absolute atomic E-state index is 5.66. The lowest BCUT2D eigenvalue weighted by atomic mass is 10.2. The second-order valence-corrected chi connectivity index (χ2v) is 5.18. The highest BCUT2D eigenvalue weighted by atomic mass is 127. The number of benzene rings is 1. The molecular formula is C18H32IN3O2. The van der Waals surface area contributed by atoms with Crippen molar-refractivity contribution in [3.8, 4) is 0 Å². The second-order valence-electron chi connectivity index (χ2n) is 5.18. The van der Waals surface area contributed by atoms with E-state index in [2.05, 4.69) is 39.9 Å². The number of hydrogen-bond donors (Lipinski definition) is 2. The molecule has 138 valence electrons. The number of ether oxygens (including phenoxy) is 2. The Morgan fingerprint density at radius 2 is 1.58 bits per heavy atom. The molecule has 0 fully saturated rings. The number of guanidine groups is 1. The zero-order valence-electron chi connectivity index (χ0n) is 14.9. The van der Waals surface area contributed by atoms with Crippen LogP contribution in [0.2, 0.25) is 0 Å². The molecule has 0 bridgehead atoms. The van der Waals surface area contributed by atoms with Crippen molar-refractivity contribution in [1.82, 2.24) is 10.6 Å². The SMILES string of the molecule is CCOCCCNC(=NC)NCCCOCCc1ccccc1.I. The molecule has 0 aliphatic carbocycles. The first-order chi connectivity index (χ1) is 11.4. The molecule has 0 aliphatic heterocycles. The van der Waals surface area contributed by atoms with Crippen LogP contribution in [0.1, 0.15) is 25.3 Å². The van der Waals surface area contributed by atoms with Crippen LogP contribution in [-0.4, -0.2) is 52.5 Å². The fourth-order valence-corrected chi connectivity index (χ4v) is 2.06. The molecular weight excluding hydrogens is 417 g/mol. The summed E-state index contributed by atoms with van der Waals surface area (Å²) in [7, 11) is 1.79. The summed E-state index contributed by atoms with van der Waals surface area (Å²) in [5, 5.41) is 6.56. The highest BCUT2D eigenvalue weighted by Gasteiger charge is 1.97. The number of nitrogens with one attached hydrogen (secondary N) is 2. The van der Waals surface area contributed by atoms with Gasteiger partial charge in [-0.15, -0.1) is 24.0 Å². The topological polar surface area (TPSA) is 54.9 Å². The quantitative estimate of drug-likeness (QED) is 0.223. The van der Waals surface area contributed by atoms with Crippen LogP contribution in [0.3, 0.4) is 0 Å². The third-order valence-corrected chi connectivity index (χ3v) is 3.32. The van der Waals surface area contributed by atoms with E-state index >= 15 is 0 Å². The number of rotatable bonds is 12. The molecule has 0 radical (unpaired) electrons. The predicted octanol–water partition coefficient (Wildman–Crippen LogP) is 2.85. The maximum atomic E-state index is 5.66. The van der Waals surface area contributed by atoms with Crippen molar-refractivity contribution in [3.05, 3.63) is 35.9 Å². The van der Waals surface area contributed by atoms with Crippen LogP contribution in [0.4, 0.5) is 0 Å². The van der Waals surface area contributed by atoms with Crippen LogP contribution in [0.25, 0.3) is 0 Å². The Morgan fingerprint density at radius 3 is 2.17 bits per heavy atom. The summed E-state index contributed by atoms with van der Waals surface area (Å²) in [5.41, 5.74) is 1.32. The Hall–Kier alpha value is -0.860. The minimum atomic E-state index is 0. The van der Waals surface area contributed by atoms with Gasteiger partial charge in [0.25, 0.3) is 0 Å². The lowest BCUT2D eigenvalue weighted by Crippen LogP contribution is -2.38. The van der Waals surface area contributed by atoms with Gasteiger partial charge in [0.05, 0.1) is 6.61 Å². The first kappa shape index (κ1) is 23.1. The molecule has 1 rings (SSSR count). The lowest BCUT2D eigenvalue weighted by molar-refractivity contribution is 0.135. The molecule has 0 saturated heterocycles. The van der Waals surface area contributed by atoms with Gasteiger partial charge >= 0.3 is 0 Å². The van der Waals surface area contributed by atoms with E-state index in [1.165, 1.54) is 5.56 Å². The third-order valence-electron chi connectivity index (χ3n) is 3.32. The molecule has 5 nitrogen and oxygen atoms in total. The molecule has 24 heavy (non-hydrogen) atoms. The van der Waals surface area contributed by atoms with Gasteiger partial charge in [-0.2, -0.15) is 0 Å². The Morgan fingerprint density at radius 1 is 0.958 bits per heavy atom. The summed E-state index contributed by atoms with van der Waals surface area (Å²) in [6.45, 7) is 6.84. The second kappa shape index (κ2) is 17.0. The van der Waals surface area contributed by atoms with E-state index in [1.54, 1.807) is 7.05 Å². The van der Waals surface area contributed by atoms with E-state index in [0.29, 0.717) is 0 Å². The van der Waals surface area contributed by atoms with E-state index in [9.17, 15) is 0 Å². The Balaban J connectivity index is 0.00000529. The van der Waals surface area contributed by atoms with Gasteiger partial charge in [-0.05, 0) is 31.7 Å². The average molecular weight is 449 g/mol. The van der Waals surface area contributed by atoms with Gasteiger partial charge in [-0.1, -0.05) is 30.3 Å². The first-order valence-corrected chi connectivity index (χ1v) is 8.50. The maximum Gasteiger partial charge on any atom is 0.190 e. The normalized spacial score (nSPS) is 11.0. The fraction of sp³-hybridized carbons (Fsp3) is 0.611. The van der Waals surface area contributed by atoms with E-state index in [0.717, 1.165) is 64.7 Å². The van der Waals surface area contributed by atoms with E-state index in [-0.39, 0.29) is 24.0 Å². The molecule has 0 amide bonds. The van der Waals surface area contributed by atoms with Gasteiger partial charge in [-0.3, -0.25) is 4.99 Å². The summed E-state index contributed by atoms with van der Waals surface area (Å²) in [4.78, 5) is 4.19. The molecule has 1 aromatic carbocycles. The summed E-state index contributed by atoms with van der Waals surface area (Å²) in [5.74, 6) is 0.839. The molecule has 2 N–H and O–H groups in total. The van der Waals surface area contributed by atoms with Crippen LogP contribution in [0.5, 0.6) is 0 Å². The molecule has 6 heteroatoms.